The third kappa shape index (κ3) is 0.902. The van der Waals surface area contributed by atoms with Crippen molar-refractivity contribution in [2.75, 3.05) is 13.7 Å². The topological polar surface area (TPSA) is 55.8 Å². The summed E-state index contributed by atoms with van der Waals surface area (Å²) in [7, 11) is 1.54. The monoisotopic (exact) mass is 169 g/mol. The van der Waals surface area contributed by atoms with E-state index < -0.39 is 12.4 Å². The molecule has 0 spiro atoms. The second kappa shape index (κ2) is 2.31. The van der Waals surface area contributed by atoms with Gasteiger partial charge in [0.05, 0.1) is 5.70 Å². The summed E-state index contributed by atoms with van der Waals surface area (Å²) in [5, 5.41) is 0. The molecule has 64 valence electrons. The predicted molar refractivity (Wildman–Crippen MR) is 37.1 cm³/mol. The Bertz CT molecular complexity index is 283. The summed E-state index contributed by atoms with van der Waals surface area (Å²) < 4.78 is 9.72. The van der Waals surface area contributed by atoms with Crippen LogP contribution in [0.2, 0.25) is 0 Å². The zero-order valence-corrected chi connectivity index (χ0v) is 6.44. The van der Waals surface area contributed by atoms with Crippen LogP contribution in [-0.2, 0) is 14.3 Å². The van der Waals surface area contributed by atoms with Gasteiger partial charge in [-0.2, -0.15) is 0 Å². The van der Waals surface area contributed by atoms with Crippen LogP contribution in [0, 0.1) is 0 Å². The van der Waals surface area contributed by atoms with Crippen molar-refractivity contribution in [1.82, 2.24) is 4.90 Å². The fourth-order valence-electron chi connectivity index (χ4n) is 1.14. The first-order chi connectivity index (χ1) is 5.68. The molecule has 1 amide bonds. The van der Waals surface area contributed by atoms with E-state index in [1.165, 1.54) is 18.0 Å². The molecule has 0 saturated carbocycles. The molecule has 0 aromatic rings. The molecule has 0 radical (unpaired) electrons. The van der Waals surface area contributed by atoms with E-state index in [-0.39, 0.29) is 12.4 Å². The Kier molecular flexibility index (Phi) is 1.41. The summed E-state index contributed by atoms with van der Waals surface area (Å²) in [6, 6.07) is 0. The highest BCUT2D eigenvalue weighted by Crippen LogP contribution is 2.24. The minimum Gasteiger partial charge on any atom is -0.413 e. The smallest absolute Gasteiger partial charge is 0.413 e. The number of likely N-dealkylation sites (N-methyl/N-ethyl adjacent to an activating group) is 1. The zero-order valence-electron chi connectivity index (χ0n) is 6.44. The second-order valence-electron chi connectivity index (χ2n) is 2.62. The highest BCUT2D eigenvalue weighted by molar-refractivity contribution is 5.93. The van der Waals surface area contributed by atoms with Crippen LogP contribution in [0.3, 0.4) is 0 Å². The molecular weight excluding hydrogens is 162 g/mol. The standard InChI is InChI=1S/C7H7NO4/c1-8-5-2-4(9)3-11-6(5)12-7(8)10/h2,6H,3H2,1H3. The number of fused-ring (bicyclic) bond motifs is 1. The second-order valence-corrected chi connectivity index (χ2v) is 2.62. The van der Waals surface area contributed by atoms with Crippen molar-refractivity contribution in [1.29, 1.82) is 0 Å². The Hall–Kier alpha value is -1.36. The lowest BCUT2D eigenvalue weighted by Gasteiger charge is -2.15. The van der Waals surface area contributed by atoms with Crippen LogP contribution < -0.4 is 0 Å². The Morgan fingerprint density at radius 2 is 2.33 bits per heavy atom. The van der Waals surface area contributed by atoms with Gasteiger partial charge in [-0.3, -0.25) is 9.69 Å². The van der Waals surface area contributed by atoms with Gasteiger partial charge in [-0.25, -0.2) is 4.79 Å². The average molecular weight is 169 g/mol. The Balaban J connectivity index is 2.34. The summed E-state index contributed by atoms with van der Waals surface area (Å²) >= 11 is 0. The molecule has 2 aliphatic heterocycles. The van der Waals surface area contributed by atoms with Crippen LogP contribution in [0.5, 0.6) is 0 Å². The number of ketones is 1. The molecule has 2 aliphatic rings. The van der Waals surface area contributed by atoms with Crippen molar-refractivity contribution in [3.05, 3.63) is 11.8 Å². The summed E-state index contributed by atoms with van der Waals surface area (Å²) in [4.78, 5) is 23.0. The van der Waals surface area contributed by atoms with E-state index in [9.17, 15) is 9.59 Å². The molecule has 0 aromatic carbocycles. The summed E-state index contributed by atoms with van der Waals surface area (Å²) in [6.45, 7) is -0.0186. The molecule has 1 saturated heterocycles. The minimum absolute atomic E-state index is 0.0186. The zero-order chi connectivity index (χ0) is 8.72. The molecule has 2 rings (SSSR count). The molecule has 12 heavy (non-hydrogen) atoms. The number of amides is 1. The van der Waals surface area contributed by atoms with E-state index in [1.807, 2.05) is 0 Å². The molecule has 2 heterocycles. The Labute approximate surface area is 68.5 Å². The fourth-order valence-corrected chi connectivity index (χ4v) is 1.14. The maximum Gasteiger partial charge on any atom is 0.416 e. The Morgan fingerprint density at radius 1 is 1.58 bits per heavy atom. The van der Waals surface area contributed by atoms with Gasteiger partial charge < -0.3 is 9.47 Å². The first-order valence-corrected chi connectivity index (χ1v) is 3.49. The molecule has 1 atom stereocenters. The van der Waals surface area contributed by atoms with Gasteiger partial charge in [0, 0.05) is 13.1 Å². The van der Waals surface area contributed by atoms with Gasteiger partial charge in [-0.05, 0) is 0 Å². The van der Waals surface area contributed by atoms with E-state index in [2.05, 4.69) is 0 Å². The molecule has 0 N–H and O–H groups in total. The number of carbonyl (C=O) groups excluding carboxylic acids is 2. The highest BCUT2D eigenvalue weighted by Gasteiger charge is 2.38. The lowest BCUT2D eigenvalue weighted by Crippen LogP contribution is -2.26. The average Bonchev–Trinajstić information content (AvgIpc) is 2.31. The molecule has 1 fully saturated rings. The molecule has 0 aromatic heterocycles. The molecule has 5 heteroatoms. The van der Waals surface area contributed by atoms with Gasteiger partial charge in [0.1, 0.15) is 6.61 Å². The summed E-state index contributed by atoms with van der Waals surface area (Å²) in [5.41, 5.74) is 0.483. The van der Waals surface area contributed by atoms with Crippen molar-refractivity contribution >= 4 is 11.9 Å². The Morgan fingerprint density at radius 3 is 3.08 bits per heavy atom. The van der Waals surface area contributed by atoms with Crippen LogP contribution in [0.1, 0.15) is 0 Å². The van der Waals surface area contributed by atoms with E-state index in [1.54, 1.807) is 0 Å². The number of ether oxygens (including phenoxy) is 2. The van der Waals surface area contributed by atoms with Gasteiger partial charge in [0.25, 0.3) is 0 Å². The van der Waals surface area contributed by atoms with Crippen molar-refractivity contribution in [2.24, 2.45) is 0 Å². The number of carbonyl (C=O) groups is 2. The third-order valence-electron chi connectivity index (χ3n) is 1.80. The van der Waals surface area contributed by atoms with Crippen LogP contribution >= 0.6 is 0 Å². The molecule has 5 nitrogen and oxygen atoms in total. The summed E-state index contributed by atoms with van der Waals surface area (Å²) in [6.07, 6.45) is 0.208. The number of hydrogen-bond donors (Lipinski definition) is 0. The third-order valence-corrected chi connectivity index (χ3v) is 1.80. The van der Waals surface area contributed by atoms with E-state index in [0.717, 1.165) is 0 Å². The lowest BCUT2D eigenvalue weighted by atomic mass is 10.2. The largest absolute Gasteiger partial charge is 0.416 e. The number of nitrogens with zero attached hydrogens (tertiary/aromatic N) is 1. The number of hydrogen-bond acceptors (Lipinski definition) is 4. The number of rotatable bonds is 0. The first-order valence-electron chi connectivity index (χ1n) is 3.49. The van der Waals surface area contributed by atoms with E-state index in [4.69, 9.17) is 9.47 Å². The maximum absolute atomic E-state index is 10.9. The quantitative estimate of drug-likeness (QED) is 0.507. The van der Waals surface area contributed by atoms with Crippen molar-refractivity contribution in [3.8, 4) is 0 Å². The molecule has 0 bridgehead atoms. The normalized spacial score (nSPS) is 28.2. The SMILES string of the molecule is CN1C(=O)OC2OCC(=O)C=C21. The maximum atomic E-state index is 10.9. The van der Waals surface area contributed by atoms with E-state index >= 15 is 0 Å². The first kappa shape index (κ1) is 7.30. The van der Waals surface area contributed by atoms with Crippen molar-refractivity contribution < 1.29 is 19.1 Å². The predicted octanol–water partition coefficient (Wildman–Crippen LogP) is -0.122. The molecule has 0 aliphatic carbocycles. The van der Waals surface area contributed by atoms with Crippen LogP contribution in [0.15, 0.2) is 11.8 Å². The van der Waals surface area contributed by atoms with E-state index in [0.29, 0.717) is 5.70 Å². The highest BCUT2D eigenvalue weighted by atomic mass is 16.7. The lowest BCUT2D eigenvalue weighted by molar-refractivity contribution is -0.130. The van der Waals surface area contributed by atoms with Crippen LogP contribution in [-0.4, -0.2) is 36.7 Å². The van der Waals surface area contributed by atoms with Crippen molar-refractivity contribution in [2.45, 2.75) is 6.29 Å². The van der Waals surface area contributed by atoms with Gasteiger partial charge in [-0.15, -0.1) is 0 Å². The van der Waals surface area contributed by atoms with Gasteiger partial charge in [-0.1, -0.05) is 0 Å². The minimum atomic E-state index is -0.680. The molecular formula is C7H7NO4. The summed E-state index contributed by atoms with van der Waals surface area (Å²) in [5.74, 6) is -0.147. The van der Waals surface area contributed by atoms with Gasteiger partial charge in [0.2, 0.25) is 6.29 Å². The van der Waals surface area contributed by atoms with Crippen molar-refractivity contribution in [3.63, 3.8) is 0 Å². The van der Waals surface area contributed by atoms with Gasteiger partial charge in [0.15, 0.2) is 5.78 Å². The molecule has 1 unspecified atom stereocenters. The van der Waals surface area contributed by atoms with Crippen LogP contribution in [0.4, 0.5) is 4.79 Å². The fraction of sp³-hybridized carbons (Fsp3) is 0.429. The van der Waals surface area contributed by atoms with Crippen LogP contribution in [0.25, 0.3) is 0 Å². The van der Waals surface area contributed by atoms with Gasteiger partial charge >= 0.3 is 6.09 Å².